The van der Waals surface area contributed by atoms with Gasteiger partial charge < -0.3 is 16.0 Å². The third-order valence-corrected chi connectivity index (χ3v) is 5.23. The van der Waals surface area contributed by atoms with Crippen molar-refractivity contribution in [2.75, 3.05) is 17.2 Å². The predicted molar refractivity (Wildman–Crippen MR) is 118 cm³/mol. The molecule has 8 nitrogen and oxygen atoms in total. The SMILES string of the molecule is CC(=O)Nc1nc2ccc(-c3nccc(N[C@@H](C(=O)NCC(F)(F)F)C(C)C)n3)cc2s1.[HH]. The van der Waals surface area contributed by atoms with Crippen molar-refractivity contribution in [1.29, 1.82) is 0 Å². The lowest BCUT2D eigenvalue weighted by molar-refractivity contribution is -0.139. The van der Waals surface area contributed by atoms with Crippen molar-refractivity contribution >= 4 is 44.3 Å². The Kier molecular flexibility index (Phi) is 6.92. The summed E-state index contributed by atoms with van der Waals surface area (Å²) in [5.41, 5.74) is 1.39. The predicted octanol–water partition coefficient (Wildman–Crippen LogP) is 4.07. The molecule has 0 aliphatic heterocycles. The van der Waals surface area contributed by atoms with E-state index in [1.165, 1.54) is 30.5 Å². The van der Waals surface area contributed by atoms with Crippen LogP contribution >= 0.6 is 11.3 Å². The summed E-state index contributed by atoms with van der Waals surface area (Å²) in [6.45, 7) is 3.44. The van der Waals surface area contributed by atoms with Gasteiger partial charge in [-0.05, 0) is 30.2 Å². The molecule has 0 spiro atoms. The number of carbonyl (C=O) groups excluding carboxylic acids is 2. The molecule has 0 bridgehead atoms. The van der Waals surface area contributed by atoms with E-state index in [0.717, 1.165) is 4.70 Å². The summed E-state index contributed by atoms with van der Waals surface area (Å²) in [5.74, 6) is -0.606. The van der Waals surface area contributed by atoms with Gasteiger partial charge in [0.1, 0.15) is 18.4 Å². The molecule has 2 heterocycles. The largest absolute Gasteiger partial charge is 0.405 e. The second-order valence-corrected chi connectivity index (χ2v) is 8.38. The van der Waals surface area contributed by atoms with Crippen LogP contribution in [0.3, 0.4) is 0 Å². The first-order valence-electron chi connectivity index (χ1n) is 9.64. The smallest absolute Gasteiger partial charge is 0.358 e. The number of anilines is 2. The highest BCUT2D eigenvalue weighted by Gasteiger charge is 2.30. The van der Waals surface area contributed by atoms with Crippen LogP contribution in [0.5, 0.6) is 0 Å². The molecule has 3 aromatic rings. The van der Waals surface area contributed by atoms with E-state index in [-0.39, 0.29) is 13.3 Å². The lowest BCUT2D eigenvalue weighted by Crippen LogP contribution is -2.46. The molecule has 3 rings (SSSR count). The Hall–Kier alpha value is -3.28. The molecule has 172 valence electrons. The average Bonchev–Trinajstić information content (AvgIpc) is 3.10. The van der Waals surface area contributed by atoms with E-state index >= 15 is 0 Å². The minimum Gasteiger partial charge on any atom is -0.358 e. The lowest BCUT2D eigenvalue weighted by atomic mass is 10.0. The fraction of sp³-hybridized carbons (Fsp3) is 0.350. The summed E-state index contributed by atoms with van der Waals surface area (Å²) in [6.07, 6.45) is -3.00. The Balaban J connectivity index is 0.00000385. The van der Waals surface area contributed by atoms with E-state index in [1.807, 2.05) is 11.4 Å². The van der Waals surface area contributed by atoms with Crippen LogP contribution in [0.15, 0.2) is 30.5 Å². The van der Waals surface area contributed by atoms with Crippen LogP contribution in [0.25, 0.3) is 21.6 Å². The van der Waals surface area contributed by atoms with Crippen molar-refractivity contribution in [3.05, 3.63) is 30.5 Å². The van der Waals surface area contributed by atoms with Crippen LogP contribution in [0.2, 0.25) is 0 Å². The monoisotopic (exact) mass is 468 g/mol. The van der Waals surface area contributed by atoms with E-state index < -0.39 is 24.7 Å². The van der Waals surface area contributed by atoms with Gasteiger partial charge in [-0.2, -0.15) is 13.2 Å². The Morgan fingerprint density at radius 1 is 1.19 bits per heavy atom. The molecular weight excluding hydrogens is 445 g/mol. The Morgan fingerprint density at radius 3 is 2.59 bits per heavy atom. The van der Waals surface area contributed by atoms with Gasteiger partial charge >= 0.3 is 6.18 Å². The zero-order valence-corrected chi connectivity index (χ0v) is 18.3. The van der Waals surface area contributed by atoms with Crippen molar-refractivity contribution in [2.45, 2.75) is 33.0 Å². The van der Waals surface area contributed by atoms with Crippen molar-refractivity contribution in [1.82, 2.24) is 20.3 Å². The minimum atomic E-state index is -4.49. The summed E-state index contributed by atoms with van der Waals surface area (Å²) >= 11 is 1.31. The Bertz CT molecular complexity index is 1140. The van der Waals surface area contributed by atoms with E-state index in [0.29, 0.717) is 27.9 Å². The maximum absolute atomic E-state index is 12.4. The number of amides is 2. The van der Waals surface area contributed by atoms with Crippen LogP contribution in [0.4, 0.5) is 24.1 Å². The number of nitrogens with one attached hydrogen (secondary N) is 3. The quantitative estimate of drug-likeness (QED) is 0.482. The summed E-state index contributed by atoms with van der Waals surface area (Å²) in [6, 6.07) is 6.00. The van der Waals surface area contributed by atoms with E-state index in [1.54, 1.807) is 26.0 Å². The first kappa shape index (κ1) is 23.4. The molecule has 0 saturated heterocycles. The number of alkyl halides is 3. The van der Waals surface area contributed by atoms with Gasteiger partial charge in [-0.25, -0.2) is 15.0 Å². The second kappa shape index (κ2) is 9.47. The lowest BCUT2D eigenvalue weighted by Gasteiger charge is -2.22. The average molecular weight is 469 g/mol. The van der Waals surface area contributed by atoms with E-state index in [4.69, 9.17) is 0 Å². The topological polar surface area (TPSA) is 109 Å². The van der Waals surface area contributed by atoms with Crippen LogP contribution in [-0.2, 0) is 9.59 Å². The number of fused-ring (bicyclic) bond motifs is 1. The number of aromatic nitrogens is 3. The zero-order valence-electron chi connectivity index (χ0n) is 17.4. The molecule has 0 aliphatic carbocycles. The first-order valence-corrected chi connectivity index (χ1v) is 10.5. The number of hydrogen-bond donors (Lipinski definition) is 3. The van der Waals surface area contributed by atoms with Gasteiger partial charge in [0, 0.05) is 20.1 Å². The zero-order chi connectivity index (χ0) is 23.5. The molecule has 12 heteroatoms. The molecule has 0 saturated carbocycles. The molecule has 1 atom stereocenters. The molecular formula is C20H23F3N6O2S. The molecule has 0 fully saturated rings. The number of nitrogens with zero attached hydrogens (tertiary/aromatic N) is 3. The van der Waals surface area contributed by atoms with Crippen molar-refractivity contribution in [3.8, 4) is 11.4 Å². The highest BCUT2D eigenvalue weighted by Crippen LogP contribution is 2.29. The first-order chi connectivity index (χ1) is 15.0. The van der Waals surface area contributed by atoms with E-state index in [2.05, 4.69) is 25.6 Å². The number of hydrogen-bond acceptors (Lipinski definition) is 7. The fourth-order valence-electron chi connectivity index (χ4n) is 2.84. The summed E-state index contributed by atoms with van der Waals surface area (Å²) in [5, 5.41) is 7.92. The van der Waals surface area contributed by atoms with Crippen LogP contribution in [-0.4, -0.2) is 45.5 Å². The van der Waals surface area contributed by atoms with Crippen molar-refractivity contribution in [3.63, 3.8) is 0 Å². The summed E-state index contributed by atoms with van der Waals surface area (Å²) < 4.78 is 38.1. The van der Waals surface area contributed by atoms with Crippen molar-refractivity contribution in [2.24, 2.45) is 5.92 Å². The van der Waals surface area contributed by atoms with Gasteiger partial charge in [-0.3, -0.25) is 9.59 Å². The number of rotatable bonds is 7. The Labute approximate surface area is 187 Å². The van der Waals surface area contributed by atoms with Gasteiger partial charge in [0.15, 0.2) is 11.0 Å². The normalized spacial score (nSPS) is 12.6. The third-order valence-electron chi connectivity index (χ3n) is 4.30. The number of halogens is 3. The van der Waals surface area contributed by atoms with Gasteiger partial charge in [0.05, 0.1) is 10.2 Å². The maximum Gasteiger partial charge on any atom is 0.405 e. The molecule has 0 radical (unpaired) electrons. The van der Waals surface area contributed by atoms with Crippen LogP contribution in [0, 0.1) is 5.92 Å². The Morgan fingerprint density at radius 2 is 1.94 bits per heavy atom. The summed E-state index contributed by atoms with van der Waals surface area (Å²) in [7, 11) is 0. The standard InChI is InChI=1S/C20H21F3N6O2S.H2/c1-10(2)16(18(31)25-9-20(21,22)23)28-15-6-7-24-17(29-15)12-4-5-13-14(8-12)32-19(27-13)26-11(3)30;/h4-8,10,16H,9H2,1-3H3,(H,25,31)(H,24,28,29)(H,26,27,30);1H/t16-;/m1./s1. The van der Waals surface area contributed by atoms with Crippen LogP contribution < -0.4 is 16.0 Å². The number of thiazole rings is 1. The maximum atomic E-state index is 12.4. The van der Waals surface area contributed by atoms with Gasteiger partial charge in [-0.15, -0.1) is 0 Å². The van der Waals surface area contributed by atoms with Crippen molar-refractivity contribution < 1.29 is 24.2 Å². The van der Waals surface area contributed by atoms with E-state index in [9.17, 15) is 22.8 Å². The molecule has 0 unspecified atom stereocenters. The molecule has 2 aromatic heterocycles. The minimum absolute atomic E-state index is 0. The fourth-order valence-corrected chi connectivity index (χ4v) is 3.79. The molecule has 1 aromatic carbocycles. The number of carbonyl (C=O) groups is 2. The molecule has 0 aliphatic rings. The third kappa shape index (κ3) is 6.13. The summed E-state index contributed by atoms with van der Waals surface area (Å²) in [4.78, 5) is 36.5. The molecule has 32 heavy (non-hydrogen) atoms. The van der Waals surface area contributed by atoms with Gasteiger partial charge in [-0.1, -0.05) is 25.2 Å². The van der Waals surface area contributed by atoms with Gasteiger partial charge in [0.25, 0.3) is 0 Å². The highest BCUT2D eigenvalue weighted by molar-refractivity contribution is 7.22. The van der Waals surface area contributed by atoms with Gasteiger partial charge in [0.2, 0.25) is 11.8 Å². The molecule has 2 amide bonds. The highest BCUT2D eigenvalue weighted by atomic mass is 32.1. The number of benzene rings is 1. The van der Waals surface area contributed by atoms with Crippen LogP contribution in [0.1, 0.15) is 22.2 Å². The second-order valence-electron chi connectivity index (χ2n) is 7.35. The molecule has 3 N–H and O–H groups in total.